The lowest BCUT2D eigenvalue weighted by Gasteiger charge is -2.39. The van der Waals surface area contributed by atoms with Crippen LogP contribution < -0.4 is 5.73 Å². The summed E-state index contributed by atoms with van der Waals surface area (Å²) in [6.07, 6.45) is 9.03. The predicted molar refractivity (Wildman–Crippen MR) is 105 cm³/mol. The smallest absolute Gasteiger partial charge is 0.272 e. The maximum Gasteiger partial charge on any atom is 0.272 e. The molecule has 2 saturated heterocycles. The van der Waals surface area contributed by atoms with Crippen LogP contribution in [0.15, 0.2) is 0 Å². The van der Waals surface area contributed by atoms with Gasteiger partial charge in [-0.25, -0.2) is 9.97 Å². The van der Waals surface area contributed by atoms with Crippen LogP contribution in [0.4, 0.5) is 5.95 Å². The number of aromatic nitrogens is 2. The molecule has 5 rings (SSSR count). The number of nitrogens with two attached hydrogens (primary N) is 1. The van der Waals surface area contributed by atoms with Crippen molar-refractivity contribution < 1.29 is 9.59 Å². The maximum absolute atomic E-state index is 13.3. The molecule has 7 heteroatoms. The number of amides is 2. The fourth-order valence-corrected chi connectivity index (χ4v) is 5.30. The van der Waals surface area contributed by atoms with Gasteiger partial charge in [0.25, 0.3) is 5.91 Å². The van der Waals surface area contributed by atoms with Gasteiger partial charge < -0.3 is 15.5 Å². The minimum absolute atomic E-state index is 0.0729. The molecule has 4 aliphatic rings. The number of nitrogen functional groups attached to an aromatic ring is 1. The van der Waals surface area contributed by atoms with Crippen molar-refractivity contribution in [3.8, 4) is 0 Å². The molecule has 3 heterocycles. The number of rotatable bonds is 3. The Morgan fingerprint density at radius 1 is 1.11 bits per heavy atom. The molecule has 3 fully saturated rings. The lowest BCUT2D eigenvalue weighted by atomic mass is 9.78. The third-order valence-electron chi connectivity index (χ3n) is 7.04. The molecule has 1 aromatic heterocycles. The number of hydrogen-bond donors (Lipinski definition) is 1. The second-order valence-electron chi connectivity index (χ2n) is 9.12. The van der Waals surface area contributed by atoms with Gasteiger partial charge in [-0.15, -0.1) is 0 Å². The van der Waals surface area contributed by atoms with Crippen molar-refractivity contribution in [1.82, 2.24) is 19.8 Å². The van der Waals surface area contributed by atoms with Gasteiger partial charge in [0.05, 0.1) is 5.41 Å². The van der Waals surface area contributed by atoms with Crippen LogP contribution in [0, 0.1) is 11.3 Å². The Kier molecular flexibility index (Phi) is 4.29. The molecule has 2 aliphatic carbocycles. The van der Waals surface area contributed by atoms with Crippen LogP contribution in [0.2, 0.25) is 0 Å². The molecule has 7 nitrogen and oxygen atoms in total. The summed E-state index contributed by atoms with van der Waals surface area (Å²) in [7, 11) is 0. The topological polar surface area (TPSA) is 92.4 Å². The zero-order valence-corrected chi connectivity index (χ0v) is 16.5. The molecule has 1 saturated carbocycles. The van der Waals surface area contributed by atoms with E-state index in [4.69, 9.17) is 5.73 Å². The van der Waals surface area contributed by atoms with Gasteiger partial charge >= 0.3 is 0 Å². The van der Waals surface area contributed by atoms with E-state index in [-0.39, 0.29) is 23.2 Å². The van der Waals surface area contributed by atoms with Crippen molar-refractivity contribution in [3.05, 3.63) is 17.0 Å². The number of anilines is 1. The molecular weight excluding hydrogens is 354 g/mol. The number of aryl methyl sites for hydroxylation is 1. The van der Waals surface area contributed by atoms with Gasteiger partial charge in [-0.2, -0.15) is 0 Å². The van der Waals surface area contributed by atoms with E-state index in [2.05, 4.69) is 14.9 Å². The highest BCUT2D eigenvalue weighted by atomic mass is 16.2. The minimum atomic E-state index is -0.387. The Morgan fingerprint density at radius 3 is 2.75 bits per heavy atom. The molecular formula is C21H29N5O2. The van der Waals surface area contributed by atoms with E-state index in [0.717, 1.165) is 69.3 Å². The van der Waals surface area contributed by atoms with Crippen molar-refractivity contribution in [2.24, 2.45) is 11.3 Å². The third kappa shape index (κ3) is 3.05. The fourth-order valence-electron chi connectivity index (χ4n) is 5.30. The normalized spacial score (nSPS) is 27.4. The molecule has 2 N–H and O–H groups in total. The van der Waals surface area contributed by atoms with Gasteiger partial charge in [0.2, 0.25) is 11.9 Å². The van der Waals surface area contributed by atoms with Gasteiger partial charge in [0.1, 0.15) is 5.69 Å². The Labute approximate surface area is 165 Å². The van der Waals surface area contributed by atoms with E-state index in [0.29, 0.717) is 24.7 Å². The average Bonchev–Trinajstić information content (AvgIpc) is 3.41. The number of carbonyl (C=O) groups excluding carboxylic acids is 2. The minimum Gasteiger partial charge on any atom is -0.368 e. The Morgan fingerprint density at radius 2 is 1.93 bits per heavy atom. The standard InChI is InChI=1S/C21H29N5O2/c22-20-23-16-5-2-1-4-15(16)17(24-20)18(27)26-11-9-21(13-26)8-3-10-25(19(21)28)12-14-6-7-14/h14H,1-13H2,(H2,22,23,24)/t21-/m1/s1. The number of fused-ring (bicyclic) bond motifs is 1. The number of nitrogens with zero attached hydrogens (tertiary/aromatic N) is 4. The third-order valence-corrected chi connectivity index (χ3v) is 7.04. The molecule has 0 bridgehead atoms. The van der Waals surface area contributed by atoms with Crippen LogP contribution in [0.25, 0.3) is 0 Å². The summed E-state index contributed by atoms with van der Waals surface area (Å²) < 4.78 is 0. The zero-order valence-electron chi connectivity index (χ0n) is 16.5. The molecule has 1 aromatic rings. The monoisotopic (exact) mass is 383 g/mol. The molecule has 150 valence electrons. The Balaban J connectivity index is 1.36. The van der Waals surface area contributed by atoms with Crippen molar-refractivity contribution >= 4 is 17.8 Å². The van der Waals surface area contributed by atoms with Crippen molar-refractivity contribution in [2.75, 3.05) is 31.9 Å². The molecule has 0 radical (unpaired) electrons. The summed E-state index contributed by atoms with van der Waals surface area (Å²) in [5.74, 6) is 1.08. The molecule has 2 amide bonds. The highest BCUT2D eigenvalue weighted by Crippen LogP contribution is 2.42. The van der Waals surface area contributed by atoms with E-state index in [9.17, 15) is 9.59 Å². The summed E-state index contributed by atoms with van der Waals surface area (Å²) >= 11 is 0. The first-order valence-corrected chi connectivity index (χ1v) is 10.8. The molecule has 1 atom stereocenters. The fraction of sp³-hybridized carbons (Fsp3) is 0.714. The summed E-state index contributed by atoms with van der Waals surface area (Å²) in [6.45, 7) is 2.93. The van der Waals surface area contributed by atoms with Crippen LogP contribution in [-0.2, 0) is 17.6 Å². The van der Waals surface area contributed by atoms with E-state index in [1.54, 1.807) is 0 Å². The first-order chi connectivity index (χ1) is 13.6. The highest BCUT2D eigenvalue weighted by Gasteiger charge is 2.50. The summed E-state index contributed by atoms with van der Waals surface area (Å²) in [5, 5.41) is 0. The molecule has 1 spiro atoms. The second kappa shape index (κ2) is 6.71. The van der Waals surface area contributed by atoms with Crippen molar-refractivity contribution in [3.63, 3.8) is 0 Å². The highest BCUT2D eigenvalue weighted by molar-refractivity contribution is 5.95. The van der Waals surface area contributed by atoms with Gasteiger partial charge in [-0.3, -0.25) is 9.59 Å². The molecule has 28 heavy (non-hydrogen) atoms. The van der Waals surface area contributed by atoms with Gasteiger partial charge in [-0.05, 0) is 63.7 Å². The number of piperidine rings is 1. The summed E-state index contributed by atoms with van der Waals surface area (Å²) in [6, 6.07) is 0. The van der Waals surface area contributed by atoms with Crippen molar-refractivity contribution in [1.29, 1.82) is 0 Å². The summed E-state index contributed by atoms with van der Waals surface area (Å²) in [4.78, 5) is 39.2. The second-order valence-corrected chi connectivity index (χ2v) is 9.12. The van der Waals surface area contributed by atoms with E-state index in [1.165, 1.54) is 12.8 Å². The Bertz CT molecular complexity index is 821. The van der Waals surface area contributed by atoms with Crippen molar-refractivity contribution in [2.45, 2.75) is 57.8 Å². The van der Waals surface area contributed by atoms with Crippen LogP contribution in [0.5, 0.6) is 0 Å². The van der Waals surface area contributed by atoms with Gasteiger partial charge in [0.15, 0.2) is 0 Å². The average molecular weight is 383 g/mol. The lowest BCUT2D eigenvalue weighted by Crippen LogP contribution is -2.51. The number of hydrogen-bond acceptors (Lipinski definition) is 5. The quantitative estimate of drug-likeness (QED) is 0.859. The molecule has 0 unspecified atom stereocenters. The van der Waals surface area contributed by atoms with E-state index >= 15 is 0 Å². The number of carbonyl (C=O) groups is 2. The molecule has 2 aliphatic heterocycles. The van der Waals surface area contributed by atoms with E-state index < -0.39 is 0 Å². The van der Waals surface area contributed by atoms with Crippen LogP contribution in [-0.4, -0.2) is 57.8 Å². The summed E-state index contributed by atoms with van der Waals surface area (Å²) in [5.41, 5.74) is 7.88. The van der Waals surface area contributed by atoms with Crippen LogP contribution in [0.3, 0.4) is 0 Å². The van der Waals surface area contributed by atoms with Crippen LogP contribution in [0.1, 0.15) is 66.7 Å². The Hall–Kier alpha value is -2.18. The SMILES string of the molecule is Nc1nc2c(c(C(=O)N3CC[C@]4(CCCN(CC5CC5)C4=O)C3)n1)CCCC2. The van der Waals surface area contributed by atoms with Gasteiger partial charge in [-0.1, -0.05) is 0 Å². The largest absolute Gasteiger partial charge is 0.368 e. The molecule has 0 aromatic carbocycles. The number of likely N-dealkylation sites (tertiary alicyclic amines) is 2. The van der Waals surface area contributed by atoms with E-state index in [1.807, 2.05) is 4.90 Å². The van der Waals surface area contributed by atoms with Crippen LogP contribution >= 0.6 is 0 Å². The maximum atomic E-state index is 13.3. The lowest BCUT2D eigenvalue weighted by molar-refractivity contribution is -0.145. The zero-order chi connectivity index (χ0) is 19.3. The van der Waals surface area contributed by atoms with Gasteiger partial charge in [0, 0.05) is 37.4 Å². The predicted octanol–water partition coefficient (Wildman–Crippen LogP) is 1.80. The first kappa shape index (κ1) is 17.9. The first-order valence-electron chi connectivity index (χ1n) is 10.8.